The van der Waals surface area contributed by atoms with E-state index in [4.69, 9.17) is 5.73 Å². The lowest BCUT2D eigenvalue weighted by Crippen LogP contribution is -2.48. The number of aromatic nitrogens is 2. The number of likely N-dealkylation sites (tertiary alicyclic amines) is 1. The Morgan fingerprint density at radius 2 is 2.29 bits per heavy atom. The average Bonchev–Trinajstić information content (AvgIpc) is 2.60. The number of amides is 1. The van der Waals surface area contributed by atoms with Gasteiger partial charge in [0.2, 0.25) is 5.91 Å². The van der Waals surface area contributed by atoms with Gasteiger partial charge in [-0.25, -0.2) is 0 Å². The van der Waals surface area contributed by atoms with E-state index in [9.17, 15) is 4.79 Å². The van der Waals surface area contributed by atoms with Crippen molar-refractivity contribution >= 4 is 5.91 Å². The highest BCUT2D eigenvalue weighted by molar-refractivity contribution is 5.78. The van der Waals surface area contributed by atoms with E-state index in [1.54, 1.807) is 4.68 Å². The molecule has 1 aliphatic heterocycles. The minimum Gasteiger partial charge on any atom is -0.334 e. The Morgan fingerprint density at radius 3 is 2.82 bits per heavy atom. The zero-order valence-electron chi connectivity index (χ0n) is 10.7. The van der Waals surface area contributed by atoms with Gasteiger partial charge in [0.1, 0.15) is 0 Å². The van der Waals surface area contributed by atoms with E-state index in [1.165, 1.54) is 0 Å². The highest BCUT2D eigenvalue weighted by Gasteiger charge is 2.35. The summed E-state index contributed by atoms with van der Waals surface area (Å²) in [5.41, 5.74) is 8.22. The van der Waals surface area contributed by atoms with Crippen molar-refractivity contribution in [1.82, 2.24) is 14.7 Å². The van der Waals surface area contributed by atoms with Crippen LogP contribution in [0.15, 0.2) is 6.20 Å². The summed E-state index contributed by atoms with van der Waals surface area (Å²) in [6.45, 7) is 4.66. The fourth-order valence-electron chi connectivity index (χ4n) is 2.66. The van der Waals surface area contributed by atoms with Crippen molar-refractivity contribution in [3.63, 3.8) is 0 Å². The standard InChI is InChI=1S/C12H20N4O/c1-4-16-11(17)6-5-10(13)12(16)9-7-15(3)14-8(9)2/h7,10,12H,4-6,13H2,1-3H3. The van der Waals surface area contributed by atoms with Gasteiger partial charge >= 0.3 is 0 Å². The maximum atomic E-state index is 11.9. The van der Waals surface area contributed by atoms with Gasteiger partial charge in [-0.1, -0.05) is 0 Å². The number of rotatable bonds is 2. The van der Waals surface area contributed by atoms with Crippen molar-refractivity contribution < 1.29 is 4.79 Å². The predicted octanol–water partition coefficient (Wildman–Crippen LogP) is 0.739. The van der Waals surface area contributed by atoms with Crippen LogP contribution in [-0.2, 0) is 11.8 Å². The summed E-state index contributed by atoms with van der Waals surface area (Å²) < 4.78 is 1.78. The Hall–Kier alpha value is -1.36. The number of aryl methyl sites for hydroxylation is 2. The molecule has 2 unspecified atom stereocenters. The lowest BCUT2D eigenvalue weighted by Gasteiger charge is -2.39. The number of carbonyl (C=O) groups is 1. The molecule has 0 aromatic carbocycles. The number of carbonyl (C=O) groups excluding carboxylic acids is 1. The summed E-state index contributed by atoms with van der Waals surface area (Å²) in [5.74, 6) is 0.197. The quantitative estimate of drug-likeness (QED) is 0.823. The minimum atomic E-state index is -0.0186. The third-order valence-electron chi connectivity index (χ3n) is 3.46. The van der Waals surface area contributed by atoms with E-state index >= 15 is 0 Å². The Kier molecular flexibility index (Phi) is 3.19. The zero-order chi connectivity index (χ0) is 12.6. The molecule has 2 atom stereocenters. The molecule has 0 radical (unpaired) electrons. The second-order valence-corrected chi connectivity index (χ2v) is 4.67. The number of hydrogen-bond donors (Lipinski definition) is 1. The first-order chi connectivity index (χ1) is 8.04. The number of likely N-dealkylation sites (N-methyl/N-ethyl adjacent to an activating group) is 1. The van der Waals surface area contributed by atoms with Crippen LogP contribution in [0.2, 0.25) is 0 Å². The third-order valence-corrected chi connectivity index (χ3v) is 3.46. The van der Waals surface area contributed by atoms with Crippen LogP contribution in [0.3, 0.4) is 0 Å². The first kappa shape index (κ1) is 12.1. The number of hydrogen-bond acceptors (Lipinski definition) is 3. The molecule has 0 spiro atoms. The molecular formula is C12H20N4O. The zero-order valence-corrected chi connectivity index (χ0v) is 10.7. The molecule has 0 bridgehead atoms. The van der Waals surface area contributed by atoms with Crippen LogP contribution in [0, 0.1) is 6.92 Å². The van der Waals surface area contributed by atoms with Crippen molar-refractivity contribution in [2.24, 2.45) is 12.8 Å². The van der Waals surface area contributed by atoms with Gasteiger partial charge in [0.05, 0.1) is 11.7 Å². The molecule has 1 aromatic rings. The second-order valence-electron chi connectivity index (χ2n) is 4.67. The van der Waals surface area contributed by atoms with Crippen molar-refractivity contribution in [3.8, 4) is 0 Å². The van der Waals surface area contributed by atoms with Crippen LogP contribution in [0.1, 0.15) is 37.1 Å². The Balaban J connectivity index is 2.38. The van der Waals surface area contributed by atoms with E-state index in [-0.39, 0.29) is 18.0 Å². The first-order valence-electron chi connectivity index (χ1n) is 6.09. The molecule has 2 N–H and O–H groups in total. The Labute approximate surface area is 102 Å². The van der Waals surface area contributed by atoms with Crippen LogP contribution in [0.4, 0.5) is 0 Å². The van der Waals surface area contributed by atoms with Crippen LogP contribution in [0.5, 0.6) is 0 Å². The van der Waals surface area contributed by atoms with Crippen LogP contribution >= 0.6 is 0 Å². The van der Waals surface area contributed by atoms with Crippen molar-refractivity contribution in [2.45, 2.75) is 38.8 Å². The summed E-state index contributed by atoms with van der Waals surface area (Å²) in [4.78, 5) is 13.8. The van der Waals surface area contributed by atoms with Crippen molar-refractivity contribution in [1.29, 1.82) is 0 Å². The van der Waals surface area contributed by atoms with Gasteiger partial charge in [-0.2, -0.15) is 5.10 Å². The summed E-state index contributed by atoms with van der Waals surface area (Å²) in [6.07, 6.45) is 3.29. The molecular weight excluding hydrogens is 216 g/mol. The van der Waals surface area contributed by atoms with Crippen molar-refractivity contribution in [3.05, 3.63) is 17.5 Å². The molecule has 1 aliphatic rings. The molecule has 2 rings (SSSR count). The van der Waals surface area contributed by atoms with E-state index in [2.05, 4.69) is 5.10 Å². The first-order valence-corrected chi connectivity index (χ1v) is 6.09. The maximum absolute atomic E-state index is 11.9. The molecule has 5 heteroatoms. The van der Waals surface area contributed by atoms with Gasteiger partial charge in [-0.3, -0.25) is 9.48 Å². The van der Waals surface area contributed by atoms with Gasteiger partial charge < -0.3 is 10.6 Å². The molecule has 0 saturated carbocycles. The maximum Gasteiger partial charge on any atom is 0.223 e. The van der Waals surface area contributed by atoms with Gasteiger partial charge in [-0.05, 0) is 20.3 Å². The molecule has 17 heavy (non-hydrogen) atoms. The Bertz CT molecular complexity index is 426. The molecule has 2 heterocycles. The normalized spacial score (nSPS) is 25.4. The molecule has 94 valence electrons. The van der Waals surface area contributed by atoms with Crippen LogP contribution in [0.25, 0.3) is 0 Å². The average molecular weight is 236 g/mol. The minimum absolute atomic E-state index is 0.00977. The molecule has 1 amide bonds. The molecule has 1 fully saturated rings. The second kappa shape index (κ2) is 4.49. The number of nitrogens with two attached hydrogens (primary N) is 1. The van der Waals surface area contributed by atoms with E-state index in [1.807, 2.05) is 32.0 Å². The SMILES string of the molecule is CCN1C(=O)CCC(N)C1c1cn(C)nc1C. The predicted molar refractivity (Wildman–Crippen MR) is 65.3 cm³/mol. The van der Waals surface area contributed by atoms with Crippen molar-refractivity contribution in [2.75, 3.05) is 6.54 Å². The van der Waals surface area contributed by atoms with E-state index < -0.39 is 0 Å². The van der Waals surface area contributed by atoms with Crippen LogP contribution in [-0.4, -0.2) is 33.2 Å². The summed E-state index contributed by atoms with van der Waals surface area (Å²) >= 11 is 0. The van der Waals surface area contributed by atoms with Gasteiger partial charge in [0.15, 0.2) is 0 Å². The largest absolute Gasteiger partial charge is 0.334 e. The fourth-order valence-corrected chi connectivity index (χ4v) is 2.66. The van der Waals surface area contributed by atoms with E-state index in [0.717, 1.165) is 17.7 Å². The molecule has 0 aliphatic carbocycles. The topological polar surface area (TPSA) is 64.2 Å². The summed E-state index contributed by atoms with van der Waals surface area (Å²) in [6, 6.07) is -0.00880. The van der Waals surface area contributed by atoms with E-state index in [0.29, 0.717) is 13.0 Å². The lowest BCUT2D eigenvalue weighted by atomic mass is 9.91. The van der Waals surface area contributed by atoms with Gasteiger partial charge in [0, 0.05) is 37.8 Å². The Morgan fingerprint density at radius 1 is 1.59 bits per heavy atom. The fraction of sp³-hybridized carbons (Fsp3) is 0.667. The number of nitrogens with zero attached hydrogens (tertiary/aromatic N) is 3. The van der Waals surface area contributed by atoms with Gasteiger partial charge in [-0.15, -0.1) is 0 Å². The monoisotopic (exact) mass is 236 g/mol. The molecule has 1 aromatic heterocycles. The molecule has 1 saturated heterocycles. The highest BCUT2D eigenvalue weighted by atomic mass is 16.2. The summed E-state index contributed by atoms with van der Waals surface area (Å²) in [5, 5.41) is 4.34. The highest BCUT2D eigenvalue weighted by Crippen LogP contribution is 2.31. The lowest BCUT2D eigenvalue weighted by molar-refractivity contribution is -0.137. The third kappa shape index (κ3) is 2.07. The number of piperidine rings is 1. The smallest absolute Gasteiger partial charge is 0.223 e. The van der Waals surface area contributed by atoms with Gasteiger partial charge in [0.25, 0.3) is 0 Å². The molecule has 5 nitrogen and oxygen atoms in total. The summed E-state index contributed by atoms with van der Waals surface area (Å²) in [7, 11) is 1.89. The van der Waals surface area contributed by atoms with Crippen LogP contribution < -0.4 is 5.73 Å².